The summed E-state index contributed by atoms with van der Waals surface area (Å²) < 4.78 is 0. The van der Waals surface area contributed by atoms with E-state index in [0.717, 1.165) is 0 Å². The molecular formula is C18H33N5O5. The van der Waals surface area contributed by atoms with Gasteiger partial charge in [-0.2, -0.15) is 0 Å². The zero-order valence-corrected chi connectivity index (χ0v) is 17.0. The highest BCUT2D eigenvalue weighted by Crippen LogP contribution is 2.06. The zero-order chi connectivity index (χ0) is 21.9. The van der Waals surface area contributed by atoms with Crippen LogP contribution in [-0.4, -0.2) is 54.1 Å². The minimum absolute atomic E-state index is 0.0366. The van der Waals surface area contributed by atoms with E-state index in [9.17, 15) is 24.0 Å². The van der Waals surface area contributed by atoms with E-state index in [2.05, 4.69) is 16.0 Å². The van der Waals surface area contributed by atoms with E-state index in [-0.39, 0.29) is 31.2 Å². The SMILES string of the molecule is CC(C)C[C@@H](C=O)NC(=O)[C@H](CCC(N)=O)NC(=O)[C@H](CC(N)=O)NC(C)C. The first-order valence-corrected chi connectivity index (χ1v) is 9.34. The van der Waals surface area contributed by atoms with E-state index in [1.807, 2.05) is 13.8 Å². The Kier molecular flexibility index (Phi) is 11.7. The molecule has 160 valence electrons. The quantitative estimate of drug-likeness (QED) is 0.227. The second-order valence-corrected chi connectivity index (χ2v) is 7.49. The van der Waals surface area contributed by atoms with Crippen molar-refractivity contribution in [2.45, 2.75) is 77.5 Å². The van der Waals surface area contributed by atoms with Crippen LogP contribution in [0.3, 0.4) is 0 Å². The predicted molar refractivity (Wildman–Crippen MR) is 104 cm³/mol. The van der Waals surface area contributed by atoms with Crippen molar-refractivity contribution in [3.63, 3.8) is 0 Å². The first-order valence-electron chi connectivity index (χ1n) is 9.34. The smallest absolute Gasteiger partial charge is 0.243 e. The lowest BCUT2D eigenvalue weighted by atomic mass is 10.0. The summed E-state index contributed by atoms with van der Waals surface area (Å²) in [5.41, 5.74) is 10.3. The molecule has 0 bridgehead atoms. The standard InChI is InChI=1S/C18H33N5O5/c1-10(2)7-12(9-24)22-17(27)13(5-6-15(19)25)23-18(28)14(8-16(20)26)21-11(3)4/h9-14,21H,5-8H2,1-4H3,(H2,19,25)(H2,20,26)(H,22,27)(H,23,28)/t12-,13-,14-/m0/s1. The third kappa shape index (κ3) is 11.3. The normalized spacial score (nSPS) is 14.2. The summed E-state index contributed by atoms with van der Waals surface area (Å²) in [6.45, 7) is 7.39. The molecule has 0 aliphatic heterocycles. The minimum Gasteiger partial charge on any atom is -0.370 e. The minimum atomic E-state index is -1.08. The molecule has 0 aromatic carbocycles. The highest BCUT2D eigenvalue weighted by atomic mass is 16.2. The Bertz CT molecular complexity index is 565. The first-order chi connectivity index (χ1) is 13.0. The van der Waals surface area contributed by atoms with Gasteiger partial charge in [-0.1, -0.05) is 27.7 Å². The maximum Gasteiger partial charge on any atom is 0.243 e. The molecule has 0 rings (SSSR count). The summed E-state index contributed by atoms with van der Waals surface area (Å²) in [6, 6.07) is -2.84. The van der Waals surface area contributed by atoms with Crippen LogP contribution in [0.4, 0.5) is 0 Å². The third-order valence-electron chi connectivity index (χ3n) is 3.79. The molecule has 3 atom stereocenters. The van der Waals surface area contributed by atoms with Crippen molar-refractivity contribution in [2.75, 3.05) is 0 Å². The Labute approximate surface area is 165 Å². The molecule has 0 aromatic rings. The van der Waals surface area contributed by atoms with Gasteiger partial charge >= 0.3 is 0 Å². The largest absolute Gasteiger partial charge is 0.370 e. The van der Waals surface area contributed by atoms with Crippen LogP contribution in [0.25, 0.3) is 0 Å². The monoisotopic (exact) mass is 399 g/mol. The number of hydrogen-bond donors (Lipinski definition) is 5. The molecule has 0 radical (unpaired) electrons. The lowest BCUT2D eigenvalue weighted by Crippen LogP contribution is -2.56. The van der Waals surface area contributed by atoms with Crippen LogP contribution < -0.4 is 27.4 Å². The average molecular weight is 399 g/mol. The van der Waals surface area contributed by atoms with E-state index in [4.69, 9.17) is 11.5 Å². The number of rotatable bonds is 14. The Hall–Kier alpha value is -2.49. The number of hydrogen-bond acceptors (Lipinski definition) is 6. The number of amides is 4. The average Bonchev–Trinajstić information content (AvgIpc) is 2.55. The third-order valence-corrected chi connectivity index (χ3v) is 3.79. The van der Waals surface area contributed by atoms with E-state index in [1.54, 1.807) is 13.8 Å². The molecule has 0 saturated carbocycles. The number of nitrogens with two attached hydrogens (primary N) is 2. The van der Waals surface area contributed by atoms with Crippen molar-refractivity contribution in [3.05, 3.63) is 0 Å². The molecule has 0 heterocycles. The van der Waals surface area contributed by atoms with E-state index < -0.39 is 41.8 Å². The van der Waals surface area contributed by atoms with E-state index in [0.29, 0.717) is 12.7 Å². The fraction of sp³-hybridized carbons (Fsp3) is 0.722. The zero-order valence-electron chi connectivity index (χ0n) is 17.0. The Morgan fingerprint density at radius 3 is 1.89 bits per heavy atom. The molecule has 0 saturated heterocycles. The van der Waals surface area contributed by atoms with Crippen molar-refractivity contribution in [2.24, 2.45) is 17.4 Å². The molecule has 0 aromatic heterocycles. The van der Waals surface area contributed by atoms with Gasteiger partial charge in [0.25, 0.3) is 0 Å². The first kappa shape index (κ1) is 25.5. The summed E-state index contributed by atoms with van der Waals surface area (Å²) in [5, 5.41) is 7.99. The number of carbonyl (C=O) groups excluding carboxylic acids is 5. The predicted octanol–water partition coefficient (Wildman–Crippen LogP) is -1.29. The Balaban J connectivity index is 5.26. The molecular weight excluding hydrogens is 366 g/mol. The van der Waals surface area contributed by atoms with E-state index in [1.165, 1.54) is 0 Å². The molecule has 0 spiro atoms. The lowest BCUT2D eigenvalue weighted by molar-refractivity contribution is -0.132. The number of aldehydes is 1. The summed E-state index contributed by atoms with van der Waals surface area (Å²) >= 11 is 0. The van der Waals surface area contributed by atoms with Gasteiger partial charge < -0.3 is 32.2 Å². The molecule has 10 nitrogen and oxygen atoms in total. The van der Waals surface area contributed by atoms with Crippen molar-refractivity contribution < 1.29 is 24.0 Å². The van der Waals surface area contributed by atoms with Crippen LogP contribution in [0, 0.1) is 5.92 Å². The topological polar surface area (TPSA) is 173 Å². The maximum atomic E-state index is 12.6. The summed E-state index contributed by atoms with van der Waals surface area (Å²) in [6.07, 6.45) is 0.641. The van der Waals surface area contributed by atoms with Crippen molar-refractivity contribution in [1.29, 1.82) is 0 Å². The van der Waals surface area contributed by atoms with Crippen LogP contribution in [0.15, 0.2) is 0 Å². The fourth-order valence-electron chi connectivity index (χ4n) is 2.60. The highest BCUT2D eigenvalue weighted by molar-refractivity contribution is 5.93. The fourth-order valence-corrected chi connectivity index (χ4v) is 2.60. The highest BCUT2D eigenvalue weighted by Gasteiger charge is 2.28. The summed E-state index contributed by atoms with van der Waals surface area (Å²) in [4.78, 5) is 58.7. The van der Waals surface area contributed by atoms with Crippen LogP contribution in [-0.2, 0) is 24.0 Å². The van der Waals surface area contributed by atoms with Crippen molar-refractivity contribution >= 4 is 29.9 Å². The molecule has 10 heteroatoms. The Morgan fingerprint density at radius 1 is 0.893 bits per heavy atom. The van der Waals surface area contributed by atoms with Crippen LogP contribution in [0.5, 0.6) is 0 Å². The maximum absolute atomic E-state index is 12.6. The van der Waals surface area contributed by atoms with Crippen molar-refractivity contribution in [1.82, 2.24) is 16.0 Å². The molecule has 28 heavy (non-hydrogen) atoms. The second kappa shape index (κ2) is 12.8. The molecule has 0 aliphatic carbocycles. The summed E-state index contributed by atoms with van der Waals surface area (Å²) in [7, 11) is 0. The van der Waals surface area contributed by atoms with Gasteiger partial charge in [0.15, 0.2) is 0 Å². The second-order valence-electron chi connectivity index (χ2n) is 7.49. The van der Waals surface area contributed by atoms with Gasteiger partial charge in [-0.15, -0.1) is 0 Å². The van der Waals surface area contributed by atoms with Gasteiger partial charge in [0, 0.05) is 12.5 Å². The number of carbonyl (C=O) groups is 5. The van der Waals surface area contributed by atoms with Crippen LogP contribution >= 0.6 is 0 Å². The van der Waals surface area contributed by atoms with E-state index >= 15 is 0 Å². The van der Waals surface area contributed by atoms with Crippen molar-refractivity contribution in [3.8, 4) is 0 Å². The Morgan fingerprint density at radius 2 is 1.46 bits per heavy atom. The van der Waals surface area contributed by atoms with Gasteiger partial charge in [0.1, 0.15) is 12.3 Å². The van der Waals surface area contributed by atoms with Gasteiger partial charge in [0.2, 0.25) is 23.6 Å². The van der Waals surface area contributed by atoms with Gasteiger partial charge in [-0.25, -0.2) is 0 Å². The number of nitrogens with one attached hydrogen (secondary N) is 3. The van der Waals surface area contributed by atoms with Gasteiger partial charge in [-0.3, -0.25) is 19.2 Å². The van der Waals surface area contributed by atoms with Gasteiger partial charge in [-0.05, 0) is 18.8 Å². The molecule has 7 N–H and O–H groups in total. The molecule has 0 aliphatic rings. The molecule has 0 unspecified atom stereocenters. The van der Waals surface area contributed by atoms with Crippen LogP contribution in [0.1, 0.15) is 53.4 Å². The number of primary amides is 2. The van der Waals surface area contributed by atoms with Crippen LogP contribution in [0.2, 0.25) is 0 Å². The molecule has 4 amide bonds. The lowest BCUT2D eigenvalue weighted by Gasteiger charge is -2.25. The van der Waals surface area contributed by atoms with Gasteiger partial charge in [0.05, 0.1) is 18.5 Å². The summed E-state index contributed by atoms with van der Waals surface area (Å²) in [5.74, 6) is -2.35. The molecule has 0 fully saturated rings.